The van der Waals surface area contributed by atoms with Crippen molar-refractivity contribution in [2.24, 2.45) is 9.98 Å². The van der Waals surface area contributed by atoms with E-state index in [1.165, 1.54) is 0 Å². The maximum Gasteiger partial charge on any atom is 0.170 e. The van der Waals surface area contributed by atoms with Crippen molar-refractivity contribution in [1.82, 2.24) is 19.9 Å². The van der Waals surface area contributed by atoms with Crippen LogP contribution in [0.3, 0.4) is 0 Å². The molecule has 3 aromatic rings. The van der Waals surface area contributed by atoms with Crippen LogP contribution in [-0.4, -0.2) is 50.4 Å². The molecule has 25 heavy (non-hydrogen) atoms. The van der Waals surface area contributed by atoms with E-state index in [1.807, 2.05) is 29.2 Å². The highest BCUT2D eigenvalue weighted by atomic mass is 16.1. The quantitative estimate of drug-likeness (QED) is 0.747. The maximum absolute atomic E-state index is 12.8. The van der Waals surface area contributed by atoms with Crippen LogP contribution in [0.25, 0.3) is 11.0 Å². The number of carbonyl (C=O) groups excluding carboxylic acids is 1. The Morgan fingerprint density at radius 1 is 1.24 bits per heavy atom. The highest BCUT2D eigenvalue weighted by Gasteiger charge is 2.30. The van der Waals surface area contributed by atoms with Gasteiger partial charge >= 0.3 is 0 Å². The van der Waals surface area contributed by atoms with Crippen LogP contribution in [-0.2, 0) is 0 Å². The Kier molecular flexibility index (Phi) is 3.00. The smallest absolute Gasteiger partial charge is 0.170 e. The first-order valence-electron chi connectivity index (χ1n) is 8.11. The molecule has 0 aliphatic carbocycles. The van der Waals surface area contributed by atoms with E-state index < -0.39 is 0 Å². The van der Waals surface area contributed by atoms with Gasteiger partial charge in [0.1, 0.15) is 11.7 Å². The second kappa shape index (κ2) is 5.34. The van der Waals surface area contributed by atoms with Crippen LogP contribution < -0.4 is 0 Å². The molecule has 0 saturated carbocycles. The number of nitrogens with zero attached hydrogens (tertiary/aromatic N) is 5. The molecule has 2 aromatic heterocycles. The predicted molar refractivity (Wildman–Crippen MR) is 94.5 cm³/mol. The van der Waals surface area contributed by atoms with Gasteiger partial charge in [-0.2, -0.15) is 0 Å². The lowest BCUT2D eigenvalue weighted by Crippen LogP contribution is -2.38. The van der Waals surface area contributed by atoms with Gasteiger partial charge in [-0.15, -0.1) is 0 Å². The molecule has 5 rings (SSSR count). The van der Waals surface area contributed by atoms with Gasteiger partial charge in [-0.05, 0) is 30.3 Å². The van der Waals surface area contributed by atoms with Gasteiger partial charge in [-0.1, -0.05) is 0 Å². The zero-order valence-electron chi connectivity index (χ0n) is 13.3. The molecule has 2 aliphatic rings. The Bertz CT molecular complexity index is 1060. The number of imidazole rings is 1. The van der Waals surface area contributed by atoms with Gasteiger partial charge in [0, 0.05) is 18.3 Å². The number of carbonyl (C=O) groups is 1. The monoisotopic (exact) mass is 330 g/mol. The second-order valence-electron chi connectivity index (χ2n) is 5.99. The van der Waals surface area contributed by atoms with Gasteiger partial charge in [-0.3, -0.25) is 9.79 Å². The van der Waals surface area contributed by atoms with E-state index in [9.17, 15) is 4.79 Å². The van der Waals surface area contributed by atoms with Gasteiger partial charge in [0.2, 0.25) is 0 Å². The summed E-state index contributed by atoms with van der Waals surface area (Å²) < 4.78 is 0. The molecule has 0 amide bonds. The van der Waals surface area contributed by atoms with Crippen molar-refractivity contribution >= 4 is 34.3 Å². The summed E-state index contributed by atoms with van der Waals surface area (Å²) in [5, 5.41) is 0. The highest BCUT2D eigenvalue weighted by molar-refractivity contribution is 6.20. The van der Waals surface area contributed by atoms with E-state index in [0.717, 1.165) is 29.0 Å². The number of pyridine rings is 1. The normalized spacial score (nSPS) is 15.6. The van der Waals surface area contributed by atoms with Crippen molar-refractivity contribution in [3.8, 4) is 0 Å². The van der Waals surface area contributed by atoms with E-state index in [2.05, 4.69) is 24.9 Å². The molecule has 0 bridgehead atoms. The number of aromatic nitrogens is 3. The summed E-state index contributed by atoms with van der Waals surface area (Å²) in [6, 6.07) is 9.33. The number of aliphatic imine (C=N–C) groups is 2. The summed E-state index contributed by atoms with van der Waals surface area (Å²) in [5.74, 6) is 2.22. The van der Waals surface area contributed by atoms with Crippen molar-refractivity contribution in [2.75, 3.05) is 13.1 Å². The fourth-order valence-corrected chi connectivity index (χ4v) is 3.26. The first-order valence-corrected chi connectivity index (χ1v) is 8.11. The largest absolute Gasteiger partial charge is 0.345 e. The zero-order chi connectivity index (χ0) is 16.8. The average molecular weight is 330 g/mol. The molecule has 0 saturated heterocycles. The van der Waals surface area contributed by atoms with Gasteiger partial charge in [0.25, 0.3) is 0 Å². The Hall–Kier alpha value is -3.35. The molecule has 4 heterocycles. The Morgan fingerprint density at radius 2 is 2.20 bits per heavy atom. The number of rotatable bonds is 3. The number of hydrogen-bond acceptors (Lipinski definition) is 6. The summed E-state index contributed by atoms with van der Waals surface area (Å²) in [6.07, 6.45) is 3.55. The minimum Gasteiger partial charge on any atom is -0.345 e. The van der Waals surface area contributed by atoms with Crippen LogP contribution >= 0.6 is 0 Å². The van der Waals surface area contributed by atoms with Crippen LogP contribution in [0, 0.1) is 0 Å². The molecule has 0 fully saturated rings. The van der Waals surface area contributed by atoms with Crippen LogP contribution in [0.2, 0.25) is 0 Å². The lowest BCUT2D eigenvalue weighted by atomic mass is 10.1. The van der Waals surface area contributed by atoms with Crippen molar-refractivity contribution in [3.05, 3.63) is 54.0 Å². The van der Waals surface area contributed by atoms with E-state index in [1.54, 1.807) is 18.6 Å². The first kappa shape index (κ1) is 14.0. The number of amidine groups is 2. The molecule has 0 radical (unpaired) electrons. The topological polar surface area (TPSA) is 86.6 Å². The summed E-state index contributed by atoms with van der Waals surface area (Å²) in [6.45, 7) is 1.45. The van der Waals surface area contributed by atoms with Crippen molar-refractivity contribution in [2.45, 2.75) is 6.42 Å². The van der Waals surface area contributed by atoms with Crippen LogP contribution in [0.4, 0.5) is 5.82 Å². The van der Waals surface area contributed by atoms with Crippen molar-refractivity contribution < 1.29 is 4.79 Å². The number of H-pyrrole nitrogens is 1. The third-order valence-corrected chi connectivity index (χ3v) is 4.48. The molecule has 7 heteroatoms. The molecule has 0 unspecified atom stereocenters. The standard InChI is InChI=1S/C18H14N6O/c25-15(11-3-4-13-14(8-11)22-10-21-13)9-16-23-17-12(2-1-5-19-17)18-20-6-7-24(16)18/h1-5,8,10H,6-7,9H2,(H,21,22). The van der Waals surface area contributed by atoms with Gasteiger partial charge in [0.15, 0.2) is 11.6 Å². The van der Waals surface area contributed by atoms with Gasteiger partial charge in [0.05, 0.1) is 35.9 Å². The van der Waals surface area contributed by atoms with Crippen LogP contribution in [0.15, 0.2) is 52.8 Å². The molecule has 0 atom stereocenters. The van der Waals surface area contributed by atoms with Crippen molar-refractivity contribution in [1.29, 1.82) is 0 Å². The number of aromatic amines is 1. The second-order valence-corrected chi connectivity index (χ2v) is 5.99. The summed E-state index contributed by atoms with van der Waals surface area (Å²) >= 11 is 0. The molecule has 2 aliphatic heterocycles. The molecule has 1 N–H and O–H groups in total. The van der Waals surface area contributed by atoms with Crippen molar-refractivity contribution in [3.63, 3.8) is 0 Å². The minimum atomic E-state index is 0.0147. The number of ketones is 1. The maximum atomic E-state index is 12.8. The van der Waals surface area contributed by atoms with E-state index in [4.69, 9.17) is 0 Å². The molecule has 0 spiro atoms. The van der Waals surface area contributed by atoms with Gasteiger partial charge in [-0.25, -0.2) is 15.0 Å². The minimum absolute atomic E-state index is 0.0147. The SMILES string of the molecule is O=C(CC1=Nc2ncccc2C2=NCCN12)c1ccc2nc[nH]c2c1. The Morgan fingerprint density at radius 3 is 3.16 bits per heavy atom. The lowest BCUT2D eigenvalue weighted by molar-refractivity contribution is 0.0998. The molecule has 7 nitrogen and oxygen atoms in total. The average Bonchev–Trinajstić information content (AvgIpc) is 3.30. The Balaban J connectivity index is 1.50. The highest BCUT2D eigenvalue weighted by Crippen LogP contribution is 2.27. The predicted octanol–water partition coefficient (Wildman–Crippen LogP) is 2.34. The molecular weight excluding hydrogens is 316 g/mol. The third-order valence-electron chi connectivity index (χ3n) is 4.48. The summed E-state index contributed by atoms with van der Waals surface area (Å²) in [7, 11) is 0. The molecule has 1 aromatic carbocycles. The third kappa shape index (κ3) is 2.24. The fraction of sp³-hybridized carbons (Fsp3) is 0.167. The number of hydrogen-bond donors (Lipinski definition) is 1. The first-order chi connectivity index (χ1) is 12.3. The van der Waals surface area contributed by atoms with Gasteiger partial charge < -0.3 is 9.88 Å². The number of fused-ring (bicyclic) bond motifs is 4. The summed E-state index contributed by atoms with van der Waals surface area (Å²) in [4.78, 5) is 35.5. The van der Waals surface area contributed by atoms with E-state index >= 15 is 0 Å². The van der Waals surface area contributed by atoms with Crippen LogP contribution in [0.5, 0.6) is 0 Å². The Labute approximate surface area is 143 Å². The zero-order valence-corrected chi connectivity index (χ0v) is 13.3. The number of benzene rings is 1. The van der Waals surface area contributed by atoms with Crippen LogP contribution in [0.1, 0.15) is 22.3 Å². The number of Topliss-reactive ketones (excluding diaryl/α,β-unsaturated/α-hetero) is 1. The fourth-order valence-electron chi connectivity index (χ4n) is 3.26. The summed E-state index contributed by atoms with van der Waals surface area (Å²) in [5.41, 5.74) is 3.27. The molecule has 122 valence electrons. The number of nitrogens with one attached hydrogen (secondary N) is 1. The van der Waals surface area contributed by atoms with E-state index in [-0.39, 0.29) is 12.2 Å². The lowest BCUT2D eigenvalue weighted by Gasteiger charge is -2.26. The van der Waals surface area contributed by atoms with E-state index in [0.29, 0.717) is 23.8 Å². The molecular formula is C18H14N6O.